The van der Waals surface area contributed by atoms with Gasteiger partial charge in [-0.05, 0) is 44.9 Å². The number of benzene rings is 1. The van der Waals surface area contributed by atoms with Gasteiger partial charge in [-0.25, -0.2) is 0 Å². The predicted octanol–water partition coefficient (Wildman–Crippen LogP) is 3.59. The molecule has 0 radical (unpaired) electrons. The van der Waals surface area contributed by atoms with E-state index < -0.39 is 0 Å². The van der Waals surface area contributed by atoms with Gasteiger partial charge in [-0.15, -0.1) is 0 Å². The maximum Gasteiger partial charge on any atom is 0.265 e. The first-order chi connectivity index (χ1) is 12.9. The van der Waals surface area contributed by atoms with Gasteiger partial charge in [0.05, 0.1) is 17.9 Å². The molecule has 0 saturated heterocycles. The van der Waals surface area contributed by atoms with E-state index in [1.54, 1.807) is 23.1 Å². The molecule has 7 heteroatoms. The van der Waals surface area contributed by atoms with Crippen LogP contribution in [0, 0.1) is 19.8 Å². The number of carbonyl (C=O) groups excluding carboxylic acids is 2. The summed E-state index contributed by atoms with van der Waals surface area (Å²) in [7, 11) is 0. The summed E-state index contributed by atoms with van der Waals surface area (Å²) in [5.41, 5.74) is 2.91. The third-order valence-electron chi connectivity index (χ3n) is 5.02. The summed E-state index contributed by atoms with van der Waals surface area (Å²) in [6.07, 6.45) is 1.57. The van der Waals surface area contributed by atoms with Crippen molar-refractivity contribution in [3.05, 3.63) is 35.2 Å². The summed E-state index contributed by atoms with van der Waals surface area (Å²) >= 11 is 0. The lowest BCUT2D eigenvalue weighted by molar-refractivity contribution is -0.121. The fourth-order valence-electron chi connectivity index (χ4n) is 3.24. The normalized spacial score (nSPS) is 13.5. The topological polar surface area (TPSA) is 84.7 Å². The molecule has 0 unspecified atom stereocenters. The monoisotopic (exact) mass is 371 g/mol. The summed E-state index contributed by atoms with van der Waals surface area (Å²) in [4.78, 5) is 26.5. The first-order valence-electron chi connectivity index (χ1n) is 9.24. The Kier molecular flexibility index (Phi) is 5.48. The second kappa shape index (κ2) is 7.82. The standard InChI is InChI=1S/C20H25N3O4/c1-5-14(6-2)20(25)21-15-7-8-18-17(9-15)23(19(24)11-26-18)10-16-12(3)22-27-13(16)4/h7-9,14H,5-6,10-11H2,1-4H3,(H,21,25). The number of anilines is 2. The highest BCUT2D eigenvalue weighted by Crippen LogP contribution is 2.36. The number of aryl methyl sites for hydroxylation is 2. The van der Waals surface area contributed by atoms with Crippen molar-refractivity contribution >= 4 is 23.2 Å². The van der Waals surface area contributed by atoms with E-state index in [-0.39, 0.29) is 24.3 Å². The highest BCUT2D eigenvalue weighted by atomic mass is 16.5. The molecule has 1 aromatic heterocycles. The number of nitrogens with zero attached hydrogens (tertiary/aromatic N) is 2. The molecule has 2 amide bonds. The van der Waals surface area contributed by atoms with Crippen molar-refractivity contribution in [3.63, 3.8) is 0 Å². The van der Waals surface area contributed by atoms with Gasteiger partial charge in [0.2, 0.25) is 5.91 Å². The molecule has 3 rings (SSSR count). The SMILES string of the molecule is CCC(CC)C(=O)Nc1ccc2c(c1)N(Cc1c(C)noc1C)C(=O)CO2. The molecule has 1 aromatic carbocycles. The zero-order chi connectivity index (χ0) is 19.6. The second-order valence-corrected chi connectivity index (χ2v) is 6.76. The van der Waals surface area contributed by atoms with Gasteiger partial charge >= 0.3 is 0 Å². The molecule has 0 aliphatic carbocycles. The van der Waals surface area contributed by atoms with Crippen molar-refractivity contribution in [1.29, 1.82) is 0 Å². The minimum absolute atomic E-state index is 0.0136. The largest absolute Gasteiger partial charge is 0.482 e. The zero-order valence-corrected chi connectivity index (χ0v) is 16.2. The Hall–Kier alpha value is -2.83. The van der Waals surface area contributed by atoms with Gasteiger partial charge in [-0.2, -0.15) is 0 Å². The number of nitrogens with one attached hydrogen (secondary N) is 1. The van der Waals surface area contributed by atoms with Gasteiger partial charge in [-0.1, -0.05) is 19.0 Å². The molecule has 0 fully saturated rings. The summed E-state index contributed by atoms with van der Waals surface area (Å²) in [5, 5.41) is 6.90. The number of fused-ring (bicyclic) bond motifs is 1. The number of carbonyl (C=O) groups is 2. The Labute approximate surface area is 158 Å². The van der Waals surface area contributed by atoms with Crippen LogP contribution in [0.1, 0.15) is 43.7 Å². The van der Waals surface area contributed by atoms with Crippen LogP contribution in [0.2, 0.25) is 0 Å². The predicted molar refractivity (Wildman–Crippen MR) is 102 cm³/mol. The van der Waals surface area contributed by atoms with Crippen LogP contribution in [0.5, 0.6) is 5.75 Å². The highest BCUT2D eigenvalue weighted by Gasteiger charge is 2.28. The van der Waals surface area contributed by atoms with Gasteiger partial charge in [0.1, 0.15) is 11.5 Å². The Morgan fingerprint density at radius 3 is 2.67 bits per heavy atom. The van der Waals surface area contributed by atoms with Gasteiger partial charge in [0.15, 0.2) is 6.61 Å². The number of aromatic nitrogens is 1. The van der Waals surface area contributed by atoms with E-state index in [4.69, 9.17) is 9.26 Å². The van der Waals surface area contributed by atoms with E-state index in [0.29, 0.717) is 29.4 Å². The van der Waals surface area contributed by atoms with E-state index in [1.807, 2.05) is 27.7 Å². The van der Waals surface area contributed by atoms with Crippen LogP contribution in [-0.2, 0) is 16.1 Å². The number of rotatable bonds is 6. The number of amides is 2. The van der Waals surface area contributed by atoms with Crippen molar-refractivity contribution in [3.8, 4) is 5.75 Å². The average molecular weight is 371 g/mol. The molecule has 27 heavy (non-hydrogen) atoms. The van der Waals surface area contributed by atoms with E-state index in [1.165, 1.54) is 0 Å². The Morgan fingerprint density at radius 2 is 2.04 bits per heavy atom. The van der Waals surface area contributed by atoms with Gasteiger partial charge in [0.25, 0.3) is 5.91 Å². The molecule has 0 spiro atoms. The molecule has 2 heterocycles. The molecular weight excluding hydrogens is 346 g/mol. The third kappa shape index (κ3) is 3.82. The minimum atomic E-state index is -0.147. The maximum absolute atomic E-state index is 12.5. The van der Waals surface area contributed by atoms with Gasteiger partial charge < -0.3 is 19.5 Å². The molecular formula is C20H25N3O4. The third-order valence-corrected chi connectivity index (χ3v) is 5.02. The summed E-state index contributed by atoms with van der Waals surface area (Å²) in [6, 6.07) is 5.36. The van der Waals surface area contributed by atoms with Crippen LogP contribution < -0.4 is 15.0 Å². The molecule has 144 valence electrons. The summed E-state index contributed by atoms with van der Waals surface area (Å²) in [5.74, 6) is 1.11. The molecule has 1 aliphatic heterocycles. The summed E-state index contributed by atoms with van der Waals surface area (Å²) < 4.78 is 10.8. The first kappa shape index (κ1) is 18.9. The Balaban J connectivity index is 1.89. The summed E-state index contributed by atoms with van der Waals surface area (Å²) in [6.45, 7) is 8.00. The van der Waals surface area contributed by atoms with Crippen LogP contribution in [-0.4, -0.2) is 23.6 Å². The van der Waals surface area contributed by atoms with Crippen LogP contribution >= 0.6 is 0 Å². The fraction of sp³-hybridized carbons (Fsp3) is 0.450. The number of hydrogen-bond acceptors (Lipinski definition) is 5. The smallest absolute Gasteiger partial charge is 0.265 e. The Bertz CT molecular complexity index is 835. The van der Waals surface area contributed by atoms with Crippen LogP contribution in [0.25, 0.3) is 0 Å². The van der Waals surface area contributed by atoms with Crippen molar-refractivity contribution in [1.82, 2.24) is 5.16 Å². The van der Waals surface area contributed by atoms with Crippen LogP contribution in [0.4, 0.5) is 11.4 Å². The molecule has 0 saturated carbocycles. The van der Waals surface area contributed by atoms with Crippen molar-refractivity contribution < 1.29 is 18.8 Å². The number of ether oxygens (including phenoxy) is 1. The number of hydrogen-bond donors (Lipinski definition) is 1. The molecule has 0 atom stereocenters. The molecule has 7 nitrogen and oxygen atoms in total. The van der Waals surface area contributed by atoms with E-state index in [0.717, 1.165) is 24.1 Å². The van der Waals surface area contributed by atoms with Crippen molar-refractivity contribution in [2.24, 2.45) is 5.92 Å². The Morgan fingerprint density at radius 1 is 1.30 bits per heavy atom. The minimum Gasteiger partial charge on any atom is -0.482 e. The highest BCUT2D eigenvalue weighted by molar-refractivity contribution is 5.99. The average Bonchev–Trinajstić information content (AvgIpc) is 2.97. The molecule has 1 N–H and O–H groups in total. The van der Waals surface area contributed by atoms with Crippen LogP contribution in [0.15, 0.2) is 22.7 Å². The van der Waals surface area contributed by atoms with E-state index in [9.17, 15) is 9.59 Å². The quantitative estimate of drug-likeness (QED) is 0.839. The van der Waals surface area contributed by atoms with Crippen molar-refractivity contribution in [2.75, 3.05) is 16.8 Å². The van der Waals surface area contributed by atoms with Gasteiger partial charge in [-0.3, -0.25) is 9.59 Å². The second-order valence-electron chi connectivity index (χ2n) is 6.76. The van der Waals surface area contributed by atoms with Crippen molar-refractivity contribution in [2.45, 2.75) is 47.1 Å². The van der Waals surface area contributed by atoms with E-state index in [2.05, 4.69) is 10.5 Å². The lowest BCUT2D eigenvalue weighted by Gasteiger charge is -2.30. The molecule has 0 bridgehead atoms. The first-order valence-corrected chi connectivity index (χ1v) is 9.24. The van der Waals surface area contributed by atoms with E-state index >= 15 is 0 Å². The van der Waals surface area contributed by atoms with Gasteiger partial charge in [0, 0.05) is 17.2 Å². The fourth-order valence-corrected chi connectivity index (χ4v) is 3.24. The maximum atomic E-state index is 12.5. The molecule has 2 aromatic rings. The lowest BCUT2D eigenvalue weighted by atomic mass is 10.0. The zero-order valence-electron chi connectivity index (χ0n) is 16.2. The molecule has 1 aliphatic rings. The van der Waals surface area contributed by atoms with Crippen LogP contribution in [0.3, 0.4) is 0 Å². The lowest BCUT2D eigenvalue weighted by Crippen LogP contribution is -2.38.